The van der Waals surface area contributed by atoms with Gasteiger partial charge in [-0.2, -0.15) is 5.10 Å². The molecule has 7 heteroatoms. The van der Waals surface area contributed by atoms with Gasteiger partial charge in [0.05, 0.1) is 22.5 Å². The average Bonchev–Trinajstić information content (AvgIpc) is 2.47. The molecule has 0 fully saturated rings. The number of carbonyl (C=O) groups excluding carboxylic acids is 1. The predicted molar refractivity (Wildman–Crippen MR) is 92.7 cm³/mol. The number of amides is 1. The van der Waals surface area contributed by atoms with Crippen molar-refractivity contribution in [3.63, 3.8) is 0 Å². The van der Waals surface area contributed by atoms with Crippen LogP contribution < -0.4 is 10.2 Å². The maximum atomic E-state index is 11.8. The molecule has 0 spiro atoms. The third-order valence-corrected chi connectivity index (χ3v) is 3.80. The Kier molecular flexibility index (Phi) is 5.68. The molecular weight excluding hydrogens is 449 g/mol. The number of methoxy groups -OCH3 is 1. The maximum Gasteiger partial charge on any atom is 0.272 e. The van der Waals surface area contributed by atoms with E-state index in [1.165, 1.54) is 6.20 Å². The first-order valence-electron chi connectivity index (χ1n) is 5.87. The van der Waals surface area contributed by atoms with E-state index in [4.69, 9.17) is 4.74 Å². The van der Waals surface area contributed by atoms with Gasteiger partial charge in [0.15, 0.2) is 0 Å². The van der Waals surface area contributed by atoms with Crippen molar-refractivity contribution in [2.45, 2.75) is 0 Å². The van der Waals surface area contributed by atoms with Crippen LogP contribution in [0.3, 0.4) is 0 Å². The summed E-state index contributed by atoms with van der Waals surface area (Å²) in [6, 6.07) is 7.30. The molecule has 0 radical (unpaired) electrons. The van der Waals surface area contributed by atoms with Gasteiger partial charge in [0.1, 0.15) is 5.75 Å². The topological polar surface area (TPSA) is 63.6 Å². The predicted octanol–water partition coefficient (Wildman–Crippen LogP) is 3.22. The standard InChI is InChI=1S/C14H11BrIN3O2/c1-21-13-3-2-9(4-12(13)16)6-18-19-14(20)10-5-11(15)8-17-7-10/h2-8H,1H3,(H,19,20). The summed E-state index contributed by atoms with van der Waals surface area (Å²) in [5.41, 5.74) is 3.76. The van der Waals surface area contributed by atoms with Crippen LogP contribution in [-0.2, 0) is 0 Å². The molecule has 1 aromatic carbocycles. The van der Waals surface area contributed by atoms with Gasteiger partial charge in [0.2, 0.25) is 0 Å². The van der Waals surface area contributed by atoms with Crippen molar-refractivity contribution in [3.05, 3.63) is 55.8 Å². The molecule has 0 unspecified atom stereocenters. The molecule has 21 heavy (non-hydrogen) atoms. The number of aromatic nitrogens is 1. The molecule has 5 nitrogen and oxygen atoms in total. The minimum absolute atomic E-state index is 0.316. The number of nitrogens with one attached hydrogen (secondary N) is 1. The molecule has 0 bridgehead atoms. The van der Waals surface area contributed by atoms with Crippen molar-refractivity contribution in [2.75, 3.05) is 7.11 Å². The normalized spacial score (nSPS) is 10.6. The van der Waals surface area contributed by atoms with Crippen LogP contribution in [0.4, 0.5) is 0 Å². The summed E-state index contributed by atoms with van der Waals surface area (Å²) in [5, 5.41) is 3.93. The monoisotopic (exact) mass is 459 g/mol. The van der Waals surface area contributed by atoms with E-state index in [9.17, 15) is 4.79 Å². The number of rotatable bonds is 4. The zero-order chi connectivity index (χ0) is 15.2. The van der Waals surface area contributed by atoms with E-state index in [1.54, 1.807) is 25.6 Å². The molecule has 2 aromatic rings. The molecule has 1 aromatic heterocycles. The molecule has 0 aliphatic rings. The second-order valence-electron chi connectivity index (χ2n) is 3.98. The van der Waals surface area contributed by atoms with Crippen LogP contribution in [0, 0.1) is 3.57 Å². The Morgan fingerprint density at radius 3 is 2.90 bits per heavy atom. The summed E-state index contributed by atoms with van der Waals surface area (Å²) < 4.78 is 6.89. The molecule has 0 saturated carbocycles. The summed E-state index contributed by atoms with van der Waals surface area (Å²) in [6.45, 7) is 0. The highest BCUT2D eigenvalue weighted by atomic mass is 127. The largest absolute Gasteiger partial charge is 0.496 e. The Morgan fingerprint density at radius 1 is 1.43 bits per heavy atom. The van der Waals surface area contributed by atoms with Gasteiger partial charge >= 0.3 is 0 Å². The van der Waals surface area contributed by atoms with Gasteiger partial charge < -0.3 is 4.74 Å². The molecule has 1 heterocycles. The quantitative estimate of drug-likeness (QED) is 0.433. The second-order valence-corrected chi connectivity index (χ2v) is 6.06. The average molecular weight is 460 g/mol. The van der Waals surface area contributed by atoms with Gasteiger partial charge in [0.25, 0.3) is 5.91 Å². The number of nitrogens with zero attached hydrogens (tertiary/aromatic N) is 2. The van der Waals surface area contributed by atoms with E-state index >= 15 is 0 Å². The Morgan fingerprint density at radius 2 is 2.24 bits per heavy atom. The van der Waals surface area contributed by atoms with Crippen molar-refractivity contribution in [1.82, 2.24) is 10.4 Å². The lowest BCUT2D eigenvalue weighted by Gasteiger charge is -2.03. The lowest BCUT2D eigenvalue weighted by atomic mass is 10.2. The smallest absolute Gasteiger partial charge is 0.272 e. The van der Waals surface area contributed by atoms with Crippen molar-refractivity contribution in [1.29, 1.82) is 0 Å². The van der Waals surface area contributed by atoms with Crippen LogP contribution in [0.1, 0.15) is 15.9 Å². The maximum absolute atomic E-state index is 11.8. The van der Waals surface area contributed by atoms with Crippen molar-refractivity contribution in [3.8, 4) is 5.75 Å². The van der Waals surface area contributed by atoms with Gasteiger partial charge in [-0.1, -0.05) is 0 Å². The first-order chi connectivity index (χ1) is 10.1. The molecule has 108 valence electrons. The number of carbonyl (C=O) groups is 1. The highest BCUT2D eigenvalue weighted by Gasteiger charge is 2.05. The Balaban J connectivity index is 2.02. The number of benzene rings is 1. The zero-order valence-electron chi connectivity index (χ0n) is 11.0. The third kappa shape index (κ3) is 4.50. The first-order valence-corrected chi connectivity index (χ1v) is 7.75. The number of ether oxygens (including phenoxy) is 1. The van der Waals surface area contributed by atoms with Gasteiger partial charge in [0, 0.05) is 16.9 Å². The lowest BCUT2D eigenvalue weighted by Crippen LogP contribution is -2.17. The lowest BCUT2D eigenvalue weighted by molar-refractivity contribution is 0.0954. The fourth-order valence-corrected chi connectivity index (χ4v) is 2.65. The van der Waals surface area contributed by atoms with Crippen LogP contribution in [0.2, 0.25) is 0 Å². The molecule has 0 atom stereocenters. The van der Waals surface area contributed by atoms with Crippen molar-refractivity contribution in [2.24, 2.45) is 5.10 Å². The van der Waals surface area contributed by atoms with Gasteiger partial charge in [-0.05, 0) is 68.3 Å². The molecule has 0 aliphatic carbocycles. The van der Waals surface area contributed by atoms with E-state index in [0.717, 1.165) is 19.4 Å². The fraction of sp³-hybridized carbons (Fsp3) is 0.0714. The molecule has 0 aliphatic heterocycles. The molecule has 2 rings (SSSR count). The van der Waals surface area contributed by atoms with Gasteiger partial charge in [-0.15, -0.1) is 0 Å². The van der Waals surface area contributed by atoms with Crippen LogP contribution >= 0.6 is 38.5 Å². The number of hydrogen-bond donors (Lipinski definition) is 1. The van der Waals surface area contributed by atoms with Gasteiger partial charge in [-0.25, -0.2) is 5.43 Å². The summed E-state index contributed by atoms with van der Waals surface area (Å²) >= 11 is 5.44. The Hall–Kier alpha value is -1.48. The molecule has 0 saturated heterocycles. The fourth-order valence-electron chi connectivity index (χ4n) is 1.53. The minimum Gasteiger partial charge on any atom is -0.496 e. The van der Waals surface area contributed by atoms with Gasteiger partial charge in [-0.3, -0.25) is 9.78 Å². The molecule has 1 N–H and O–H groups in total. The SMILES string of the molecule is COc1ccc(C=NNC(=O)c2cncc(Br)c2)cc1I. The third-order valence-electron chi connectivity index (χ3n) is 2.52. The van der Waals surface area contributed by atoms with Crippen LogP contribution in [0.15, 0.2) is 46.2 Å². The number of hydrogen-bond acceptors (Lipinski definition) is 4. The summed E-state index contributed by atoms with van der Waals surface area (Å²) in [7, 11) is 1.62. The van der Waals surface area contributed by atoms with E-state index in [1.807, 2.05) is 18.2 Å². The van der Waals surface area contributed by atoms with Crippen molar-refractivity contribution < 1.29 is 9.53 Å². The number of halogens is 2. The summed E-state index contributed by atoms with van der Waals surface area (Å²) in [4.78, 5) is 15.8. The minimum atomic E-state index is -0.316. The Bertz CT molecular complexity index is 692. The summed E-state index contributed by atoms with van der Waals surface area (Å²) in [6.07, 6.45) is 4.66. The van der Waals surface area contributed by atoms with Crippen LogP contribution in [-0.4, -0.2) is 24.2 Å². The van der Waals surface area contributed by atoms with Crippen molar-refractivity contribution >= 4 is 50.6 Å². The number of pyridine rings is 1. The van der Waals surface area contributed by atoms with E-state index in [0.29, 0.717) is 5.56 Å². The Labute approximate surface area is 144 Å². The molecule has 1 amide bonds. The zero-order valence-corrected chi connectivity index (χ0v) is 14.8. The van der Waals surface area contributed by atoms with E-state index in [-0.39, 0.29) is 5.91 Å². The van der Waals surface area contributed by atoms with E-state index in [2.05, 4.69) is 54.0 Å². The molecular formula is C14H11BrIN3O2. The second kappa shape index (κ2) is 7.51. The van der Waals surface area contributed by atoms with E-state index < -0.39 is 0 Å². The summed E-state index contributed by atoms with van der Waals surface area (Å²) in [5.74, 6) is 0.486. The van der Waals surface area contributed by atoms with Crippen LogP contribution in [0.5, 0.6) is 5.75 Å². The number of hydrazone groups is 1. The van der Waals surface area contributed by atoms with Crippen LogP contribution in [0.25, 0.3) is 0 Å². The first kappa shape index (κ1) is 15.9. The highest BCUT2D eigenvalue weighted by molar-refractivity contribution is 14.1. The highest BCUT2D eigenvalue weighted by Crippen LogP contribution is 2.20.